The maximum Gasteiger partial charge on any atom is 0.407 e. The molecule has 0 spiro atoms. The zero-order valence-corrected chi connectivity index (χ0v) is 16.7. The minimum atomic E-state index is -4.39. The van der Waals surface area contributed by atoms with Gasteiger partial charge < -0.3 is 14.7 Å². The van der Waals surface area contributed by atoms with Gasteiger partial charge in [0.15, 0.2) is 5.82 Å². The van der Waals surface area contributed by atoms with Crippen LogP contribution >= 0.6 is 0 Å². The molecule has 3 aromatic rings. The molecule has 0 aliphatic rings. The fraction of sp³-hybridized carbons (Fsp3) is 0.158. The van der Waals surface area contributed by atoms with Crippen molar-refractivity contribution in [2.24, 2.45) is 0 Å². The average Bonchev–Trinajstić information content (AvgIpc) is 3.05. The Kier molecular flexibility index (Phi) is 5.74. The molecule has 30 heavy (non-hydrogen) atoms. The molecule has 2 aromatic heterocycles. The molecular weight excluding hydrogens is 420 g/mol. The molecule has 0 atom stereocenters. The number of amides is 1. The van der Waals surface area contributed by atoms with Crippen molar-refractivity contribution in [3.8, 4) is 17.0 Å². The summed E-state index contributed by atoms with van der Waals surface area (Å²) < 4.78 is 61.7. The number of hydrogen-bond donors (Lipinski definition) is 1. The maximum atomic E-state index is 15.3. The Labute approximate surface area is 171 Å². The van der Waals surface area contributed by atoms with E-state index in [9.17, 15) is 17.6 Å². The first-order valence-electron chi connectivity index (χ1n) is 8.51. The van der Waals surface area contributed by atoms with Gasteiger partial charge in [-0.3, -0.25) is 0 Å². The van der Waals surface area contributed by atoms with E-state index in [1.54, 1.807) is 0 Å². The smallest absolute Gasteiger partial charge is 0.407 e. The third-order valence-corrected chi connectivity index (χ3v) is 5.99. The topological polar surface area (TPSA) is 102 Å². The van der Waals surface area contributed by atoms with Crippen molar-refractivity contribution in [3.63, 3.8) is 0 Å². The molecular formula is C19H17F2N3O5S. The van der Waals surface area contributed by atoms with Crippen molar-refractivity contribution in [3.05, 3.63) is 66.1 Å². The summed E-state index contributed by atoms with van der Waals surface area (Å²) >= 11 is 0. The fourth-order valence-electron chi connectivity index (χ4n) is 2.81. The molecule has 0 fully saturated rings. The van der Waals surface area contributed by atoms with Crippen LogP contribution in [0, 0.1) is 11.8 Å². The van der Waals surface area contributed by atoms with E-state index < -0.39 is 40.1 Å². The van der Waals surface area contributed by atoms with Gasteiger partial charge in [-0.15, -0.1) is 0 Å². The highest BCUT2D eigenvalue weighted by atomic mass is 32.2. The molecule has 0 bridgehead atoms. The first-order chi connectivity index (χ1) is 14.2. The van der Waals surface area contributed by atoms with Gasteiger partial charge >= 0.3 is 6.09 Å². The highest BCUT2D eigenvalue weighted by Gasteiger charge is 2.29. The monoisotopic (exact) mass is 437 g/mol. The second-order valence-corrected chi connectivity index (χ2v) is 8.09. The molecule has 0 aliphatic carbocycles. The summed E-state index contributed by atoms with van der Waals surface area (Å²) in [6.45, 7) is -0.448. The van der Waals surface area contributed by atoms with E-state index in [2.05, 4.69) is 4.98 Å². The standard InChI is InChI=1S/C19H17F2N3O5S/c1-23(19(25)26)10-12-11-24(17(16(12)20)15-7-4-8-22-18(15)21)30(27,28)14-6-3-5-13(9-14)29-2/h3-9,11H,10H2,1-2H3,(H,25,26). The predicted molar refractivity (Wildman–Crippen MR) is 103 cm³/mol. The van der Waals surface area contributed by atoms with Gasteiger partial charge in [0.25, 0.3) is 10.0 Å². The van der Waals surface area contributed by atoms with E-state index in [1.165, 1.54) is 50.6 Å². The second kappa shape index (κ2) is 8.11. The van der Waals surface area contributed by atoms with Crippen LogP contribution in [0.5, 0.6) is 5.75 Å². The minimum Gasteiger partial charge on any atom is -0.497 e. The Bertz CT molecular complexity index is 1210. The van der Waals surface area contributed by atoms with Crippen molar-refractivity contribution in [1.29, 1.82) is 0 Å². The number of carboxylic acid groups (broad SMARTS) is 1. The van der Waals surface area contributed by atoms with Crippen LogP contribution in [0.4, 0.5) is 13.6 Å². The summed E-state index contributed by atoms with van der Waals surface area (Å²) in [5.74, 6) is -1.89. The van der Waals surface area contributed by atoms with Crippen LogP contribution in [0.3, 0.4) is 0 Å². The third kappa shape index (κ3) is 3.83. The lowest BCUT2D eigenvalue weighted by Gasteiger charge is -2.12. The molecule has 1 amide bonds. The molecule has 0 aliphatic heterocycles. The van der Waals surface area contributed by atoms with Crippen molar-refractivity contribution < 1.29 is 31.8 Å². The molecule has 0 saturated heterocycles. The molecule has 1 N–H and O–H groups in total. The van der Waals surface area contributed by atoms with Crippen LogP contribution in [-0.4, -0.2) is 47.6 Å². The summed E-state index contributed by atoms with van der Waals surface area (Å²) in [6, 6.07) is 8.00. The Morgan fingerprint density at radius 2 is 2.00 bits per heavy atom. The number of hydrogen-bond acceptors (Lipinski definition) is 5. The number of ether oxygens (including phenoxy) is 1. The quantitative estimate of drug-likeness (QED) is 0.595. The van der Waals surface area contributed by atoms with Crippen molar-refractivity contribution in [2.45, 2.75) is 11.4 Å². The molecule has 0 radical (unpaired) electrons. The summed E-state index contributed by atoms with van der Waals surface area (Å²) in [6.07, 6.45) is 0.734. The van der Waals surface area contributed by atoms with Gasteiger partial charge in [0.2, 0.25) is 5.95 Å². The molecule has 8 nitrogen and oxygen atoms in total. The lowest BCUT2D eigenvalue weighted by molar-refractivity contribution is 0.153. The van der Waals surface area contributed by atoms with E-state index in [-0.39, 0.29) is 21.8 Å². The number of aromatic nitrogens is 2. The average molecular weight is 437 g/mol. The van der Waals surface area contributed by atoms with Crippen LogP contribution in [0.25, 0.3) is 11.3 Å². The zero-order chi connectivity index (χ0) is 22.1. The molecule has 3 rings (SSSR count). The first-order valence-corrected chi connectivity index (χ1v) is 9.95. The number of rotatable bonds is 6. The second-order valence-electron chi connectivity index (χ2n) is 6.28. The lowest BCUT2D eigenvalue weighted by Crippen LogP contribution is -2.24. The van der Waals surface area contributed by atoms with E-state index in [1.807, 2.05) is 0 Å². The van der Waals surface area contributed by atoms with E-state index in [0.29, 0.717) is 3.97 Å². The predicted octanol–water partition coefficient (Wildman–Crippen LogP) is 3.18. The number of carbonyl (C=O) groups is 1. The number of pyridine rings is 1. The largest absolute Gasteiger partial charge is 0.497 e. The molecule has 0 unspecified atom stereocenters. The van der Waals surface area contributed by atoms with Crippen LogP contribution in [0.2, 0.25) is 0 Å². The van der Waals surface area contributed by atoms with E-state index in [0.717, 1.165) is 17.3 Å². The summed E-state index contributed by atoms with van der Waals surface area (Å²) in [5.41, 5.74) is -1.22. The Morgan fingerprint density at radius 1 is 1.27 bits per heavy atom. The SMILES string of the molecule is COc1cccc(S(=O)(=O)n2cc(CN(C)C(=O)O)c(F)c2-c2cccnc2F)c1. The number of benzene rings is 1. The highest BCUT2D eigenvalue weighted by Crippen LogP contribution is 2.33. The van der Waals surface area contributed by atoms with Crippen LogP contribution in [-0.2, 0) is 16.6 Å². The van der Waals surface area contributed by atoms with Gasteiger partial charge in [0, 0.05) is 31.1 Å². The number of methoxy groups -OCH3 is 1. The zero-order valence-electron chi connectivity index (χ0n) is 15.9. The molecule has 158 valence electrons. The van der Waals surface area contributed by atoms with Crippen molar-refractivity contribution in [2.75, 3.05) is 14.2 Å². The summed E-state index contributed by atoms with van der Waals surface area (Å²) in [5, 5.41) is 9.06. The van der Waals surface area contributed by atoms with Gasteiger partial charge in [0.1, 0.15) is 11.4 Å². The van der Waals surface area contributed by atoms with E-state index >= 15 is 4.39 Å². The van der Waals surface area contributed by atoms with Gasteiger partial charge in [-0.1, -0.05) is 6.07 Å². The summed E-state index contributed by atoms with van der Waals surface area (Å²) in [4.78, 5) is 15.1. The minimum absolute atomic E-state index is 0.222. The fourth-order valence-corrected chi connectivity index (χ4v) is 4.24. The van der Waals surface area contributed by atoms with Crippen LogP contribution in [0.1, 0.15) is 5.56 Å². The number of halogens is 2. The highest BCUT2D eigenvalue weighted by molar-refractivity contribution is 7.90. The van der Waals surface area contributed by atoms with Crippen LogP contribution < -0.4 is 4.74 Å². The molecule has 11 heteroatoms. The molecule has 0 saturated carbocycles. The number of nitrogens with zero attached hydrogens (tertiary/aromatic N) is 3. The van der Waals surface area contributed by atoms with Gasteiger partial charge in [-0.05, 0) is 24.3 Å². The van der Waals surface area contributed by atoms with Crippen LogP contribution in [0.15, 0.2) is 53.7 Å². The Hall–Kier alpha value is -3.47. The van der Waals surface area contributed by atoms with Gasteiger partial charge in [-0.25, -0.2) is 26.6 Å². The molecule has 2 heterocycles. The van der Waals surface area contributed by atoms with Crippen molar-refractivity contribution >= 4 is 16.1 Å². The first kappa shape index (κ1) is 21.2. The normalized spacial score (nSPS) is 11.3. The molecule has 1 aromatic carbocycles. The maximum absolute atomic E-state index is 15.3. The summed E-state index contributed by atoms with van der Waals surface area (Å²) in [7, 11) is -1.84. The van der Waals surface area contributed by atoms with Crippen molar-refractivity contribution in [1.82, 2.24) is 13.9 Å². The third-order valence-electron chi connectivity index (χ3n) is 4.33. The Morgan fingerprint density at radius 3 is 2.63 bits per heavy atom. The van der Waals surface area contributed by atoms with Gasteiger partial charge in [-0.2, -0.15) is 4.39 Å². The van der Waals surface area contributed by atoms with Gasteiger partial charge in [0.05, 0.1) is 24.1 Å². The lowest BCUT2D eigenvalue weighted by atomic mass is 10.2. The van der Waals surface area contributed by atoms with E-state index in [4.69, 9.17) is 9.84 Å². The Balaban J connectivity index is 2.27.